The summed E-state index contributed by atoms with van der Waals surface area (Å²) in [6.07, 6.45) is 13.3. The van der Waals surface area contributed by atoms with Crippen LogP contribution in [0.5, 0.6) is 5.75 Å². The molecular weight excluding hydrogens is 589 g/mol. The number of hydrogen-bond acceptors (Lipinski definition) is 2. The summed E-state index contributed by atoms with van der Waals surface area (Å²) in [4.78, 5) is 0. The van der Waals surface area contributed by atoms with Gasteiger partial charge in [-0.15, -0.1) is 0 Å². The second-order valence-corrected chi connectivity index (χ2v) is 18.7. The fraction of sp³-hybridized carbons (Fsp3) is 0.450. The van der Waals surface area contributed by atoms with E-state index >= 15 is 0 Å². The molecule has 0 heterocycles. The smallest absolute Gasteiger partial charge is 0.127 e. The van der Waals surface area contributed by atoms with Crippen molar-refractivity contribution in [1.29, 1.82) is 0 Å². The van der Waals surface area contributed by atoms with Crippen molar-refractivity contribution < 1.29 is 8.95 Å². The molecule has 0 spiro atoms. The van der Waals surface area contributed by atoms with Crippen LogP contribution in [0, 0.1) is 0 Å². The highest BCUT2D eigenvalue weighted by molar-refractivity contribution is 7.84. The van der Waals surface area contributed by atoms with Crippen LogP contribution in [-0.4, -0.2) is 20.3 Å². The van der Waals surface area contributed by atoms with E-state index in [4.69, 9.17) is 4.74 Å². The van der Waals surface area contributed by atoms with E-state index in [1.165, 1.54) is 91.4 Å². The molecule has 2 atom stereocenters. The van der Waals surface area contributed by atoms with E-state index < -0.39 is 23.7 Å². The van der Waals surface area contributed by atoms with E-state index in [0.29, 0.717) is 17.9 Å². The van der Waals surface area contributed by atoms with E-state index in [2.05, 4.69) is 116 Å². The minimum atomic E-state index is -1.26. The highest BCUT2D eigenvalue weighted by Crippen LogP contribution is 2.57. The molecular formula is C40H50NO2PS. The molecule has 0 radical (unpaired) electrons. The summed E-state index contributed by atoms with van der Waals surface area (Å²) in [5, 5.41) is 3.87. The fourth-order valence-corrected chi connectivity index (χ4v) is 12.2. The van der Waals surface area contributed by atoms with Crippen LogP contribution in [0.3, 0.4) is 0 Å². The van der Waals surface area contributed by atoms with Gasteiger partial charge in [-0.25, -0.2) is 8.93 Å². The Hall–Kier alpha value is -2.52. The monoisotopic (exact) mass is 639 g/mol. The molecule has 1 N–H and O–H groups in total. The summed E-state index contributed by atoms with van der Waals surface area (Å²) in [7, 11) is -1.75. The molecule has 0 saturated heterocycles. The van der Waals surface area contributed by atoms with Crippen LogP contribution in [0.15, 0.2) is 91.0 Å². The number of hydrogen-bond donors (Lipinski definition) is 1. The summed E-state index contributed by atoms with van der Waals surface area (Å²) in [6.45, 7) is 6.73. The first-order valence-electron chi connectivity index (χ1n) is 17.1. The van der Waals surface area contributed by atoms with Crippen LogP contribution in [-0.2, 0) is 17.6 Å². The van der Waals surface area contributed by atoms with Gasteiger partial charge >= 0.3 is 0 Å². The van der Waals surface area contributed by atoms with Crippen molar-refractivity contribution >= 4 is 35.0 Å². The maximum absolute atomic E-state index is 13.9. The largest absolute Gasteiger partial charge is 0.488 e. The van der Waals surface area contributed by atoms with Crippen LogP contribution in [0.4, 0.5) is 0 Å². The van der Waals surface area contributed by atoms with Crippen LogP contribution >= 0.6 is 7.92 Å². The van der Waals surface area contributed by atoms with Crippen molar-refractivity contribution in [3.63, 3.8) is 0 Å². The van der Waals surface area contributed by atoms with Crippen LogP contribution < -0.4 is 14.8 Å². The standard InChI is InChI=1S/C40H50NO2PS/c1-40(2,3)45(42)41-38(33-27-26-31-18-13-14-19-32(31)28-33)36-24-15-25-37(43-29-30-16-7-4-8-17-30)39(36)44(34-20-9-5-10-21-34)35-22-11-6-12-23-35/h4,7-8,13-19,24-28,34-35,38,41H,5-6,9-12,20-23,29H2,1-3H3/t38-,45-/m0/s1. The van der Waals surface area contributed by atoms with E-state index in [-0.39, 0.29) is 6.04 Å². The molecule has 2 fully saturated rings. The van der Waals surface area contributed by atoms with Gasteiger partial charge in [0.2, 0.25) is 0 Å². The van der Waals surface area contributed by atoms with Crippen molar-refractivity contribution in [3.8, 4) is 5.75 Å². The minimum Gasteiger partial charge on any atom is -0.488 e. The Kier molecular flexibility index (Phi) is 10.8. The molecule has 2 saturated carbocycles. The third kappa shape index (κ3) is 7.90. The molecule has 45 heavy (non-hydrogen) atoms. The highest BCUT2D eigenvalue weighted by atomic mass is 32.2. The number of benzene rings is 4. The predicted molar refractivity (Wildman–Crippen MR) is 194 cm³/mol. The maximum atomic E-state index is 13.9. The molecule has 238 valence electrons. The molecule has 0 aliphatic heterocycles. The molecule has 0 amide bonds. The van der Waals surface area contributed by atoms with Gasteiger partial charge < -0.3 is 4.74 Å². The zero-order chi connectivity index (χ0) is 31.2. The van der Waals surface area contributed by atoms with Crippen LogP contribution in [0.1, 0.15) is 108 Å². The van der Waals surface area contributed by atoms with Gasteiger partial charge in [0, 0.05) is 5.30 Å². The van der Waals surface area contributed by atoms with Crippen molar-refractivity contribution in [2.75, 3.05) is 0 Å². The average molecular weight is 640 g/mol. The Morgan fingerprint density at radius 2 is 1.38 bits per heavy atom. The zero-order valence-electron chi connectivity index (χ0n) is 27.3. The van der Waals surface area contributed by atoms with Gasteiger partial charge in [0.05, 0.1) is 21.8 Å². The number of rotatable bonds is 10. The molecule has 3 nitrogen and oxygen atoms in total. The number of fused-ring (bicyclic) bond motifs is 1. The summed E-state index contributed by atoms with van der Waals surface area (Å²) in [5.41, 5.74) is 5.03. The third-order valence-corrected chi connectivity index (χ3v) is 14.8. The lowest BCUT2D eigenvalue weighted by molar-refractivity contribution is 0.308. The lowest BCUT2D eigenvalue weighted by Gasteiger charge is -2.41. The summed E-state index contributed by atoms with van der Waals surface area (Å²) >= 11 is 0. The quantitative estimate of drug-likeness (QED) is 0.175. The molecule has 4 aromatic rings. The second-order valence-electron chi connectivity index (χ2n) is 14.0. The summed E-state index contributed by atoms with van der Waals surface area (Å²) < 4.78 is 24.1. The van der Waals surface area contributed by atoms with Crippen molar-refractivity contribution in [2.24, 2.45) is 0 Å². The van der Waals surface area contributed by atoms with E-state index in [1.54, 1.807) is 0 Å². The highest BCUT2D eigenvalue weighted by Gasteiger charge is 2.37. The molecule has 2 aliphatic carbocycles. The van der Waals surface area contributed by atoms with Gasteiger partial charge in [-0.05, 0) is 97.4 Å². The topological polar surface area (TPSA) is 38.3 Å². The molecule has 2 aliphatic rings. The Bertz CT molecular complexity index is 1550. The molecule has 0 bridgehead atoms. The van der Waals surface area contributed by atoms with Crippen LogP contribution in [0.2, 0.25) is 0 Å². The van der Waals surface area contributed by atoms with Gasteiger partial charge in [-0.2, -0.15) is 0 Å². The normalized spacial score (nSPS) is 18.2. The Morgan fingerprint density at radius 3 is 2.02 bits per heavy atom. The Labute approximate surface area is 274 Å². The van der Waals surface area contributed by atoms with Crippen LogP contribution in [0.25, 0.3) is 10.8 Å². The molecule has 6 rings (SSSR count). The first kappa shape index (κ1) is 32.4. The lowest BCUT2D eigenvalue weighted by atomic mass is 9.96. The number of nitrogens with one attached hydrogen (secondary N) is 1. The SMILES string of the molecule is CC(C)(C)[S@](=O)N[C@@H](c1ccc2ccccc2c1)c1cccc(OCc2ccccc2)c1P(C1CCCCC1)C1CCCCC1. The molecule has 0 unspecified atom stereocenters. The second kappa shape index (κ2) is 14.9. The van der Waals surface area contributed by atoms with E-state index in [0.717, 1.165) is 11.3 Å². The van der Waals surface area contributed by atoms with Gasteiger partial charge in [-0.1, -0.05) is 125 Å². The zero-order valence-corrected chi connectivity index (χ0v) is 29.1. The lowest BCUT2D eigenvalue weighted by Crippen LogP contribution is -2.38. The third-order valence-electron chi connectivity index (χ3n) is 9.66. The van der Waals surface area contributed by atoms with Crippen molar-refractivity contribution in [2.45, 2.75) is 114 Å². The molecule has 5 heteroatoms. The first-order valence-corrected chi connectivity index (χ1v) is 19.8. The first-order chi connectivity index (χ1) is 21.9. The summed E-state index contributed by atoms with van der Waals surface area (Å²) in [5.74, 6) is 1.03. The fourth-order valence-electron chi connectivity index (χ4n) is 7.26. The van der Waals surface area contributed by atoms with E-state index in [9.17, 15) is 4.21 Å². The minimum absolute atomic E-state index is 0.206. The van der Waals surface area contributed by atoms with Gasteiger partial charge in [0.1, 0.15) is 12.4 Å². The predicted octanol–water partition coefficient (Wildman–Crippen LogP) is 10.3. The molecule has 4 aromatic carbocycles. The maximum Gasteiger partial charge on any atom is 0.127 e. The van der Waals surface area contributed by atoms with Crippen molar-refractivity contribution in [1.82, 2.24) is 4.72 Å². The van der Waals surface area contributed by atoms with Gasteiger partial charge in [-0.3, -0.25) is 0 Å². The van der Waals surface area contributed by atoms with Gasteiger partial charge in [0.25, 0.3) is 0 Å². The summed E-state index contributed by atoms with van der Waals surface area (Å²) in [6, 6.07) is 32.4. The average Bonchev–Trinajstić information content (AvgIpc) is 3.07. The van der Waals surface area contributed by atoms with Crippen molar-refractivity contribution in [3.05, 3.63) is 108 Å². The Morgan fingerprint density at radius 1 is 0.756 bits per heavy atom. The number of ether oxygens (including phenoxy) is 1. The molecule has 0 aromatic heterocycles. The van der Waals surface area contributed by atoms with E-state index in [1.807, 2.05) is 0 Å². The Balaban J connectivity index is 1.53. The van der Waals surface area contributed by atoms with Gasteiger partial charge in [0.15, 0.2) is 0 Å².